The van der Waals surface area contributed by atoms with Gasteiger partial charge in [-0.25, -0.2) is 0 Å². The third-order valence-corrected chi connectivity index (χ3v) is 2.87. The molecule has 0 aliphatic heterocycles. The minimum atomic E-state index is 0.432. The maximum absolute atomic E-state index is 5.78. The van der Waals surface area contributed by atoms with Crippen molar-refractivity contribution >= 4 is 0 Å². The smallest absolute Gasteiger partial charge is 0.146 e. The molecule has 0 saturated carbocycles. The van der Waals surface area contributed by atoms with Crippen LogP contribution in [0.3, 0.4) is 0 Å². The number of furan rings is 1. The fourth-order valence-corrected chi connectivity index (χ4v) is 1.93. The molecule has 102 valence electrons. The zero-order valence-corrected chi connectivity index (χ0v) is 11.7. The molecule has 0 amide bonds. The van der Waals surface area contributed by atoms with E-state index in [9.17, 15) is 0 Å². The summed E-state index contributed by atoms with van der Waals surface area (Å²) >= 11 is 0. The highest BCUT2D eigenvalue weighted by Crippen LogP contribution is 2.19. The van der Waals surface area contributed by atoms with Gasteiger partial charge in [0.15, 0.2) is 0 Å². The lowest BCUT2D eigenvalue weighted by molar-refractivity contribution is 0.266. The highest BCUT2D eigenvalue weighted by atomic mass is 16.5. The van der Waals surface area contributed by atoms with E-state index in [1.54, 1.807) is 6.26 Å². The van der Waals surface area contributed by atoms with E-state index in [-0.39, 0.29) is 0 Å². The van der Waals surface area contributed by atoms with Crippen LogP contribution in [0.2, 0.25) is 0 Å². The van der Waals surface area contributed by atoms with Gasteiger partial charge in [-0.3, -0.25) is 4.98 Å². The molecule has 2 aromatic heterocycles. The first kappa shape index (κ1) is 13.6. The zero-order valence-electron chi connectivity index (χ0n) is 11.7. The summed E-state index contributed by atoms with van der Waals surface area (Å²) in [6.07, 6.45) is 2.61. The average Bonchev–Trinajstić information content (AvgIpc) is 2.85. The van der Waals surface area contributed by atoms with E-state index in [2.05, 4.69) is 17.2 Å². The third kappa shape index (κ3) is 3.58. The van der Waals surface area contributed by atoms with Crippen LogP contribution in [-0.2, 0) is 19.6 Å². The largest absolute Gasteiger partial charge is 0.484 e. The second kappa shape index (κ2) is 6.38. The van der Waals surface area contributed by atoms with Gasteiger partial charge < -0.3 is 14.5 Å². The first-order valence-electron chi connectivity index (χ1n) is 6.53. The van der Waals surface area contributed by atoms with E-state index in [4.69, 9.17) is 9.15 Å². The highest BCUT2D eigenvalue weighted by Gasteiger charge is 2.06. The Morgan fingerprint density at radius 2 is 2.21 bits per heavy atom. The molecule has 4 nitrogen and oxygen atoms in total. The summed E-state index contributed by atoms with van der Waals surface area (Å²) in [6.45, 7) is 5.29. The maximum atomic E-state index is 5.78. The van der Waals surface area contributed by atoms with Crippen molar-refractivity contribution in [2.24, 2.45) is 0 Å². The van der Waals surface area contributed by atoms with Crippen molar-refractivity contribution in [3.05, 3.63) is 47.2 Å². The predicted octanol–water partition coefficient (Wildman–Crippen LogP) is 2.84. The van der Waals surface area contributed by atoms with Gasteiger partial charge in [-0.05, 0) is 38.6 Å². The molecule has 19 heavy (non-hydrogen) atoms. The molecule has 0 aliphatic rings. The number of hydrogen-bond acceptors (Lipinski definition) is 4. The molecule has 0 atom stereocenters. The topological polar surface area (TPSA) is 47.3 Å². The van der Waals surface area contributed by atoms with Gasteiger partial charge in [-0.15, -0.1) is 0 Å². The number of nitrogens with one attached hydrogen (secondary N) is 1. The van der Waals surface area contributed by atoms with Crippen LogP contribution in [0.25, 0.3) is 0 Å². The van der Waals surface area contributed by atoms with Crippen molar-refractivity contribution in [1.82, 2.24) is 10.3 Å². The molecule has 1 N–H and O–H groups in total. The number of ether oxygens (including phenoxy) is 1. The van der Waals surface area contributed by atoms with Crippen molar-refractivity contribution in [3.63, 3.8) is 0 Å². The van der Waals surface area contributed by atoms with Crippen LogP contribution < -0.4 is 10.1 Å². The Morgan fingerprint density at radius 1 is 1.37 bits per heavy atom. The molecule has 0 aromatic carbocycles. The summed E-state index contributed by atoms with van der Waals surface area (Å²) in [6, 6.07) is 5.94. The lowest BCUT2D eigenvalue weighted by atomic mass is 10.2. The summed E-state index contributed by atoms with van der Waals surface area (Å²) in [5.41, 5.74) is 3.12. The molecule has 0 aliphatic carbocycles. The van der Waals surface area contributed by atoms with E-state index in [0.29, 0.717) is 6.61 Å². The van der Waals surface area contributed by atoms with Gasteiger partial charge in [-0.2, -0.15) is 0 Å². The monoisotopic (exact) mass is 260 g/mol. The van der Waals surface area contributed by atoms with Gasteiger partial charge in [0.25, 0.3) is 0 Å². The van der Waals surface area contributed by atoms with Crippen LogP contribution in [0, 0.1) is 6.92 Å². The molecule has 4 heteroatoms. The van der Waals surface area contributed by atoms with Gasteiger partial charge in [0.2, 0.25) is 0 Å². The van der Waals surface area contributed by atoms with Gasteiger partial charge >= 0.3 is 0 Å². The van der Waals surface area contributed by atoms with Crippen molar-refractivity contribution < 1.29 is 9.15 Å². The molecule has 0 bridgehead atoms. The Balaban J connectivity index is 2.01. The van der Waals surface area contributed by atoms with Crippen LogP contribution in [0.1, 0.15) is 29.6 Å². The second-order valence-electron chi connectivity index (χ2n) is 4.49. The standard InChI is InChI=1S/C15H20N2O2/c1-4-14-15(6-5-11(2)17-14)19-10-13-7-12(8-16-3)9-18-13/h5-7,9,16H,4,8,10H2,1-3H3. The lowest BCUT2D eigenvalue weighted by Crippen LogP contribution is -2.03. The number of nitrogens with zero attached hydrogens (tertiary/aromatic N) is 1. The number of aromatic nitrogens is 1. The lowest BCUT2D eigenvalue weighted by Gasteiger charge is -2.09. The Labute approximate surface area is 113 Å². The summed E-state index contributed by atoms with van der Waals surface area (Å²) in [4.78, 5) is 4.47. The van der Waals surface area contributed by atoms with E-state index < -0.39 is 0 Å². The summed E-state index contributed by atoms with van der Waals surface area (Å²) < 4.78 is 11.2. The minimum Gasteiger partial charge on any atom is -0.484 e. The maximum Gasteiger partial charge on any atom is 0.146 e. The first-order valence-corrected chi connectivity index (χ1v) is 6.53. The van der Waals surface area contributed by atoms with Gasteiger partial charge in [0.05, 0.1) is 12.0 Å². The fraction of sp³-hybridized carbons (Fsp3) is 0.400. The van der Waals surface area contributed by atoms with Crippen LogP contribution in [0.15, 0.2) is 28.9 Å². The van der Waals surface area contributed by atoms with Gasteiger partial charge in [0, 0.05) is 17.8 Å². The summed E-state index contributed by atoms with van der Waals surface area (Å²) in [5, 5.41) is 3.08. The van der Waals surface area contributed by atoms with E-state index in [1.165, 1.54) is 0 Å². The molecule has 2 rings (SSSR count). The molecular formula is C15H20N2O2. The summed E-state index contributed by atoms with van der Waals surface area (Å²) in [7, 11) is 1.91. The quantitative estimate of drug-likeness (QED) is 0.867. The number of aryl methyl sites for hydroxylation is 2. The number of hydrogen-bond donors (Lipinski definition) is 1. The van der Waals surface area contributed by atoms with Crippen molar-refractivity contribution in [3.8, 4) is 5.75 Å². The Hall–Kier alpha value is -1.81. The molecule has 0 unspecified atom stereocenters. The van der Waals surface area contributed by atoms with Crippen LogP contribution in [0.4, 0.5) is 0 Å². The van der Waals surface area contributed by atoms with Crippen molar-refractivity contribution in [2.75, 3.05) is 7.05 Å². The average molecular weight is 260 g/mol. The molecule has 0 fully saturated rings. The molecule has 0 spiro atoms. The van der Waals surface area contributed by atoms with Crippen molar-refractivity contribution in [1.29, 1.82) is 0 Å². The van der Waals surface area contributed by atoms with Crippen LogP contribution in [-0.4, -0.2) is 12.0 Å². The SMILES string of the molecule is CCc1nc(C)ccc1OCc1cc(CNC)co1. The van der Waals surface area contributed by atoms with Crippen molar-refractivity contribution in [2.45, 2.75) is 33.4 Å². The van der Waals surface area contributed by atoms with Gasteiger partial charge in [-0.1, -0.05) is 6.92 Å². The Bertz CT molecular complexity index is 535. The van der Waals surface area contributed by atoms with E-state index in [0.717, 1.165) is 41.4 Å². The third-order valence-electron chi connectivity index (χ3n) is 2.87. The Morgan fingerprint density at radius 3 is 2.95 bits per heavy atom. The molecule has 2 heterocycles. The highest BCUT2D eigenvalue weighted by molar-refractivity contribution is 5.29. The van der Waals surface area contributed by atoms with Gasteiger partial charge in [0.1, 0.15) is 18.1 Å². The predicted molar refractivity (Wildman–Crippen MR) is 74.2 cm³/mol. The summed E-state index contributed by atoms with van der Waals surface area (Å²) in [5.74, 6) is 1.66. The molecule has 0 radical (unpaired) electrons. The molecule has 2 aromatic rings. The fourth-order valence-electron chi connectivity index (χ4n) is 1.93. The van der Waals surface area contributed by atoms with Crippen LogP contribution in [0.5, 0.6) is 5.75 Å². The van der Waals surface area contributed by atoms with Crippen LogP contribution >= 0.6 is 0 Å². The minimum absolute atomic E-state index is 0.432. The van der Waals surface area contributed by atoms with E-state index >= 15 is 0 Å². The molecular weight excluding hydrogens is 240 g/mol. The Kier molecular flexibility index (Phi) is 4.58. The number of rotatable bonds is 6. The normalized spacial score (nSPS) is 10.7. The zero-order chi connectivity index (χ0) is 13.7. The number of pyridine rings is 1. The second-order valence-corrected chi connectivity index (χ2v) is 4.49. The molecule has 0 saturated heterocycles. The van der Waals surface area contributed by atoms with E-state index in [1.807, 2.05) is 32.2 Å². The first-order chi connectivity index (χ1) is 9.22.